The van der Waals surface area contributed by atoms with Crippen LogP contribution < -0.4 is 10.1 Å². The van der Waals surface area contributed by atoms with E-state index >= 15 is 0 Å². The number of nitrogens with one attached hydrogen (secondary N) is 1. The lowest BCUT2D eigenvalue weighted by Crippen LogP contribution is -2.24. The van der Waals surface area contributed by atoms with E-state index in [9.17, 15) is 9.59 Å². The molecule has 0 saturated heterocycles. The lowest BCUT2D eigenvalue weighted by atomic mass is 9.89. The Balaban J connectivity index is 1.72. The van der Waals surface area contributed by atoms with Crippen molar-refractivity contribution in [2.75, 3.05) is 0 Å². The van der Waals surface area contributed by atoms with Crippen LogP contribution in [0.4, 0.5) is 0 Å². The Hall–Kier alpha value is -4.18. The molecule has 0 heterocycles. The van der Waals surface area contributed by atoms with Gasteiger partial charge in [-0.05, 0) is 28.8 Å². The molecule has 0 bridgehead atoms. The van der Waals surface area contributed by atoms with Gasteiger partial charge in [-0.25, -0.2) is 0 Å². The molecular formula is C30H27NO3. The molecule has 0 spiro atoms. The summed E-state index contributed by atoms with van der Waals surface area (Å²) >= 11 is 0. The first-order valence-corrected chi connectivity index (χ1v) is 11.3. The highest BCUT2D eigenvalue weighted by Crippen LogP contribution is 2.36. The van der Waals surface area contributed by atoms with Gasteiger partial charge in [0.2, 0.25) is 0 Å². The summed E-state index contributed by atoms with van der Waals surface area (Å²) in [7, 11) is 0. The van der Waals surface area contributed by atoms with Crippen LogP contribution in [-0.4, -0.2) is 12.2 Å². The lowest BCUT2D eigenvalue weighted by Gasteiger charge is -2.21. The van der Waals surface area contributed by atoms with Crippen LogP contribution in [0.2, 0.25) is 0 Å². The van der Waals surface area contributed by atoms with Crippen LogP contribution in [0.3, 0.4) is 0 Å². The Labute approximate surface area is 200 Å². The first-order chi connectivity index (χ1) is 16.7. The predicted octanol–water partition coefficient (Wildman–Crippen LogP) is 6.16. The predicted molar refractivity (Wildman–Crippen MR) is 134 cm³/mol. The molecule has 1 amide bonds. The van der Waals surface area contributed by atoms with Gasteiger partial charge < -0.3 is 10.1 Å². The highest BCUT2D eigenvalue weighted by atomic mass is 16.5. The second kappa shape index (κ2) is 11.1. The number of ether oxygens (including phenoxy) is 1. The normalized spacial score (nSPS) is 11.4. The van der Waals surface area contributed by atoms with Crippen LogP contribution in [0, 0.1) is 0 Å². The highest BCUT2D eigenvalue weighted by Gasteiger charge is 2.23. The summed E-state index contributed by atoms with van der Waals surface area (Å²) in [6.45, 7) is 2.75. The van der Waals surface area contributed by atoms with E-state index in [-0.39, 0.29) is 11.8 Å². The van der Waals surface area contributed by atoms with Crippen LogP contribution in [0.25, 0.3) is 0 Å². The second-order valence-corrected chi connectivity index (χ2v) is 8.18. The quantitative estimate of drug-likeness (QED) is 0.311. The van der Waals surface area contributed by atoms with Gasteiger partial charge in [-0.2, -0.15) is 0 Å². The third-order valence-corrected chi connectivity index (χ3v) is 5.81. The van der Waals surface area contributed by atoms with Crippen molar-refractivity contribution in [2.24, 2.45) is 0 Å². The van der Waals surface area contributed by atoms with E-state index in [0.717, 1.165) is 28.5 Å². The van der Waals surface area contributed by atoms with Crippen LogP contribution in [0.15, 0.2) is 103 Å². The molecule has 0 fully saturated rings. The van der Waals surface area contributed by atoms with Gasteiger partial charge in [0.25, 0.3) is 5.91 Å². The van der Waals surface area contributed by atoms with Gasteiger partial charge in [0, 0.05) is 23.6 Å². The fourth-order valence-electron chi connectivity index (χ4n) is 3.92. The van der Waals surface area contributed by atoms with Gasteiger partial charge in [0.05, 0.1) is 5.56 Å². The summed E-state index contributed by atoms with van der Waals surface area (Å²) in [4.78, 5) is 25.1. The topological polar surface area (TPSA) is 55.4 Å². The minimum absolute atomic E-state index is 0.0763. The molecule has 0 aromatic heterocycles. The number of benzene rings is 4. The fourth-order valence-corrected chi connectivity index (χ4v) is 3.92. The number of amides is 1. The van der Waals surface area contributed by atoms with E-state index in [1.807, 2.05) is 97.1 Å². The summed E-state index contributed by atoms with van der Waals surface area (Å²) in [6.07, 6.45) is 0.774. The smallest absolute Gasteiger partial charge is 0.255 e. The number of hydrogen-bond acceptors (Lipinski definition) is 3. The Morgan fingerprint density at radius 2 is 1.44 bits per heavy atom. The maximum Gasteiger partial charge on any atom is 0.255 e. The molecule has 4 aromatic rings. The SMILES string of the molecule is CC(c1ccccc1)c1cc(C=O)cc(C(=O)NCc2ccccc2)c1OCc1ccccc1. The van der Waals surface area contributed by atoms with Crippen molar-refractivity contribution in [1.82, 2.24) is 5.32 Å². The van der Waals surface area contributed by atoms with Gasteiger partial charge in [-0.3, -0.25) is 9.59 Å². The number of rotatable bonds is 9. The Morgan fingerprint density at radius 1 is 0.853 bits per heavy atom. The van der Waals surface area contributed by atoms with Gasteiger partial charge in [0.1, 0.15) is 18.6 Å². The van der Waals surface area contributed by atoms with Crippen LogP contribution in [0.1, 0.15) is 55.8 Å². The van der Waals surface area contributed by atoms with E-state index in [0.29, 0.717) is 30.0 Å². The van der Waals surface area contributed by atoms with Crippen molar-refractivity contribution in [3.05, 3.63) is 137 Å². The standard InChI is InChI=1S/C30H27NO3/c1-22(26-15-9-4-10-16-26)27-17-25(20-32)18-28(29(27)34-21-24-13-7-3-8-14-24)30(33)31-19-23-11-5-2-6-12-23/h2-18,20,22H,19,21H2,1H3,(H,31,33). The minimum Gasteiger partial charge on any atom is -0.488 e. The van der Waals surface area contributed by atoms with E-state index in [2.05, 4.69) is 12.2 Å². The number of hydrogen-bond donors (Lipinski definition) is 1. The molecule has 170 valence electrons. The third-order valence-electron chi connectivity index (χ3n) is 5.81. The molecule has 34 heavy (non-hydrogen) atoms. The zero-order chi connectivity index (χ0) is 23.8. The van der Waals surface area contributed by atoms with Crippen molar-refractivity contribution in [3.63, 3.8) is 0 Å². The maximum atomic E-state index is 13.3. The first-order valence-electron chi connectivity index (χ1n) is 11.3. The Bertz CT molecular complexity index is 1240. The average molecular weight is 450 g/mol. The van der Waals surface area contributed by atoms with Gasteiger partial charge >= 0.3 is 0 Å². The Kier molecular flexibility index (Phi) is 7.51. The largest absolute Gasteiger partial charge is 0.488 e. The molecule has 1 N–H and O–H groups in total. The van der Waals surface area contributed by atoms with Crippen LogP contribution in [0.5, 0.6) is 5.75 Å². The first kappa shape index (κ1) is 23.0. The molecule has 0 radical (unpaired) electrons. The van der Waals surface area contributed by atoms with Gasteiger partial charge in [-0.15, -0.1) is 0 Å². The molecule has 0 aliphatic carbocycles. The van der Waals surface area contributed by atoms with Crippen LogP contribution >= 0.6 is 0 Å². The molecule has 4 heteroatoms. The van der Waals surface area contributed by atoms with Gasteiger partial charge in [0.15, 0.2) is 0 Å². The van der Waals surface area contributed by atoms with Crippen molar-refractivity contribution in [3.8, 4) is 5.75 Å². The van der Waals surface area contributed by atoms with Crippen LogP contribution in [-0.2, 0) is 13.2 Å². The van der Waals surface area contributed by atoms with Crippen molar-refractivity contribution in [2.45, 2.75) is 26.0 Å². The molecule has 0 aliphatic rings. The number of carbonyl (C=O) groups excluding carboxylic acids is 2. The zero-order valence-electron chi connectivity index (χ0n) is 19.1. The van der Waals surface area contributed by atoms with Crippen molar-refractivity contribution < 1.29 is 14.3 Å². The lowest BCUT2D eigenvalue weighted by molar-refractivity contribution is 0.0946. The monoisotopic (exact) mass is 449 g/mol. The third kappa shape index (κ3) is 5.59. The molecule has 0 aliphatic heterocycles. The zero-order valence-corrected chi connectivity index (χ0v) is 19.1. The molecule has 0 saturated carbocycles. The van der Waals surface area contributed by atoms with E-state index in [1.165, 1.54) is 0 Å². The van der Waals surface area contributed by atoms with E-state index in [1.54, 1.807) is 6.07 Å². The molecule has 1 unspecified atom stereocenters. The molecule has 1 atom stereocenters. The van der Waals surface area contributed by atoms with E-state index < -0.39 is 0 Å². The average Bonchev–Trinajstić information content (AvgIpc) is 2.91. The molecule has 4 rings (SSSR count). The highest BCUT2D eigenvalue weighted by molar-refractivity contribution is 5.99. The molecular weight excluding hydrogens is 422 g/mol. The Morgan fingerprint density at radius 3 is 2.06 bits per heavy atom. The molecule has 4 aromatic carbocycles. The van der Waals surface area contributed by atoms with Crippen molar-refractivity contribution in [1.29, 1.82) is 0 Å². The maximum absolute atomic E-state index is 13.3. The number of carbonyl (C=O) groups is 2. The van der Waals surface area contributed by atoms with E-state index in [4.69, 9.17) is 4.74 Å². The molecule has 4 nitrogen and oxygen atoms in total. The van der Waals surface area contributed by atoms with Crippen molar-refractivity contribution >= 4 is 12.2 Å². The summed E-state index contributed by atoms with van der Waals surface area (Å²) < 4.78 is 6.29. The summed E-state index contributed by atoms with van der Waals surface area (Å²) in [5.74, 6) is 0.140. The summed E-state index contributed by atoms with van der Waals surface area (Å²) in [6, 6.07) is 33.0. The fraction of sp³-hybridized carbons (Fsp3) is 0.133. The summed E-state index contributed by atoms with van der Waals surface area (Å²) in [5.41, 5.74) is 4.66. The summed E-state index contributed by atoms with van der Waals surface area (Å²) in [5, 5.41) is 2.98. The number of aldehydes is 1. The van der Waals surface area contributed by atoms with Gasteiger partial charge in [-0.1, -0.05) is 97.9 Å². The minimum atomic E-state index is -0.280. The second-order valence-electron chi connectivity index (χ2n) is 8.18.